The van der Waals surface area contributed by atoms with Gasteiger partial charge < -0.3 is 5.11 Å². The number of carboxylic acids is 1. The number of hydrogen-bond acceptors (Lipinski definition) is 4. The highest BCUT2D eigenvalue weighted by Gasteiger charge is 2.09. The van der Waals surface area contributed by atoms with Gasteiger partial charge in [0.15, 0.2) is 5.82 Å². The van der Waals surface area contributed by atoms with E-state index in [1.54, 1.807) is 6.07 Å². The summed E-state index contributed by atoms with van der Waals surface area (Å²) in [6.45, 7) is 1.94. The van der Waals surface area contributed by atoms with Gasteiger partial charge in [-0.3, -0.25) is 9.89 Å². The Balaban J connectivity index is 2.21. The maximum atomic E-state index is 10.4. The predicted octanol–water partition coefficient (Wildman–Crippen LogP) is 2.61. The molecule has 2 rings (SSSR count). The number of aromatic nitrogens is 3. The average molecular weight is 284 g/mol. The van der Waals surface area contributed by atoms with Gasteiger partial charge in [-0.15, -0.1) is 5.10 Å². The summed E-state index contributed by atoms with van der Waals surface area (Å²) in [7, 11) is 0. The average Bonchev–Trinajstić information content (AvgIpc) is 2.73. The van der Waals surface area contributed by atoms with E-state index in [0.717, 1.165) is 22.9 Å². The third-order valence-corrected chi connectivity index (χ3v) is 3.16. The van der Waals surface area contributed by atoms with Crippen molar-refractivity contribution in [2.45, 2.75) is 12.1 Å². The van der Waals surface area contributed by atoms with Crippen LogP contribution in [0.4, 0.5) is 0 Å². The van der Waals surface area contributed by atoms with Crippen molar-refractivity contribution in [3.63, 3.8) is 0 Å². The summed E-state index contributed by atoms with van der Waals surface area (Å²) in [6.07, 6.45) is 0. The van der Waals surface area contributed by atoms with Gasteiger partial charge in [0.2, 0.25) is 5.16 Å². The van der Waals surface area contributed by atoms with Crippen molar-refractivity contribution in [3.8, 4) is 11.4 Å². The quantitative estimate of drug-likeness (QED) is 0.843. The molecule has 5 nitrogen and oxygen atoms in total. The number of rotatable bonds is 4. The lowest BCUT2D eigenvalue weighted by Crippen LogP contribution is -1.97. The number of H-pyrrole nitrogens is 1. The minimum absolute atomic E-state index is 0.0636. The molecule has 0 fully saturated rings. The Labute approximate surface area is 113 Å². The van der Waals surface area contributed by atoms with Crippen LogP contribution in [0, 0.1) is 6.92 Å². The highest BCUT2D eigenvalue weighted by atomic mass is 35.5. The zero-order chi connectivity index (χ0) is 13.1. The second-order valence-corrected chi connectivity index (χ2v) is 5.05. The van der Waals surface area contributed by atoms with E-state index in [2.05, 4.69) is 15.2 Å². The lowest BCUT2D eigenvalue weighted by atomic mass is 10.1. The van der Waals surface area contributed by atoms with Crippen molar-refractivity contribution in [3.05, 3.63) is 28.8 Å². The Hall–Kier alpha value is -1.53. The number of thioether (sulfide) groups is 1. The maximum absolute atomic E-state index is 10.4. The summed E-state index contributed by atoms with van der Waals surface area (Å²) < 4.78 is 0. The zero-order valence-corrected chi connectivity index (χ0v) is 11.0. The fourth-order valence-corrected chi connectivity index (χ4v) is 2.25. The second-order valence-electron chi connectivity index (χ2n) is 3.67. The van der Waals surface area contributed by atoms with E-state index in [0.29, 0.717) is 16.0 Å². The van der Waals surface area contributed by atoms with Crippen molar-refractivity contribution >= 4 is 29.3 Å². The Morgan fingerprint density at radius 2 is 2.28 bits per heavy atom. The van der Waals surface area contributed by atoms with Crippen molar-refractivity contribution in [1.29, 1.82) is 0 Å². The van der Waals surface area contributed by atoms with E-state index in [1.807, 2.05) is 19.1 Å². The maximum Gasteiger partial charge on any atom is 0.313 e. The number of carboxylic acid groups (broad SMARTS) is 1. The van der Waals surface area contributed by atoms with Gasteiger partial charge in [0.1, 0.15) is 0 Å². The Morgan fingerprint density at radius 1 is 1.50 bits per heavy atom. The number of aryl methyl sites for hydroxylation is 1. The van der Waals surface area contributed by atoms with Gasteiger partial charge in [0.25, 0.3) is 0 Å². The topological polar surface area (TPSA) is 78.9 Å². The first-order valence-corrected chi connectivity index (χ1v) is 6.45. The monoisotopic (exact) mass is 283 g/mol. The van der Waals surface area contributed by atoms with Crippen LogP contribution in [0.1, 0.15) is 5.56 Å². The van der Waals surface area contributed by atoms with E-state index in [9.17, 15) is 4.79 Å². The number of benzene rings is 1. The highest BCUT2D eigenvalue weighted by molar-refractivity contribution is 7.99. The smallest absolute Gasteiger partial charge is 0.313 e. The van der Waals surface area contributed by atoms with Crippen LogP contribution in [0.3, 0.4) is 0 Å². The fourth-order valence-electron chi connectivity index (χ4n) is 1.44. The number of aromatic amines is 1. The van der Waals surface area contributed by atoms with Crippen molar-refractivity contribution in [1.82, 2.24) is 15.2 Å². The second kappa shape index (κ2) is 5.41. The molecule has 94 valence electrons. The molecule has 0 aliphatic carbocycles. The van der Waals surface area contributed by atoms with Crippen LogP contribution in [0.25, 0.3) is 11.4 Å². The van der Waals surface area contributed by atoms with Crippen molar-refractivity contribution < 1.29 is 9.90 Å². The summed E-state index contributed by atoms with van der Waals surface area (Å²) in [4.78, 5) is 14.6. The lowest BCUT2D eigenvalue weighted by molar-refractivity contribution is -0.133. The summed E-state index contributed by atoms with van der Waals surface area (Å²) >= 11 is 7.03. The standard InChI is InChI=1S/C11H10ClN3O2S/c1-6-2-7(4-8(12)3-6)10-13-11(15-14-10)18-5-9(16)17/h2-4H,5H2,1H3,(H,16,17)(H,13,14,15). The molecule has 0 aliphatic rings. The molecule has 0 aliphatic heterocycles. The minimum atomic E-state index is -0.898. The van der Waals surface area contributed by atoms with Gasteiger partial charge in [-0.25, -0.2) is 4.98 Å². The number of aliphatic carboxylic acids is 1. The molecule has 1 aromatic carbocycles. The molecule has 7 heteroatoms. The largest absolute Gasteiger partial charge is 0.481 e. The van der Waals surface area contributed by atoms with Crippen molar-refractivity contribution in [2.24, 2.45) is 0 Å². The molecule has 0 atom stereocenters. The number of halogens is 1. The van der Waals surface area contributed by atoms with E-state index in [-0.39, 0.29) is 5.75 Å². The predicted molar refractivity (Wildman–Crippen MR) is 69.9 cm³/mol. The summed E-state index contributed by atoms with van der Waals surface area (Å²) in [5, 5.41) is 16.3. The zero-order valence-electron chi connectivity index (χ0n) is 9.48. The molecule has 0 amide bonds. The van der Waals surface area contributed by atoms with Crippen LogP contribution < -0.4 is 0 Å². The van der Waals surface area contributed by atoms with E-state index in [4.69, 9.17) is 16.7 Å². The van der Waals surface area contributed by atoms with E-state index in [1.165, 1.54) is 0 Å². The van der Waals surface area contributed by atoms with Crippen LogP contribution in [-0.4, -0.2) is 32.0 Å². The molecule has 0 spiro atoms. The molecule has 0 saturated heterocycles. The highest BCUT2D eigenvalue weighted by Crippen LogP contribution is 2.23. The number of nitrogens with one attached hydrogen (secondary N) is 1. The lowest BCUT2D eigenvalue weighted by Gasteiger charge is -1.99. The third kappa shape index (κ3) is 3.24. The number of nitrogens with zero attached hydrogens (tertiary/aromatic N) is 2. The van der Waals surface area contributed by atoms with Crippen LogP contribution in [0.2, 0.25) is 5.02 Å². The Morgan fingerprint density at radius 3 is 2.94 bits per heavy atom. The molecule has 0 radical (unpaired) electrons. The van der Waals surface area contributed by atoms with E-state index < -0.39 is 5.97 Å². The first kappa shape index (κ1) is 12.9. The summed E-state index contributed by atoms with van der Waals surface area (Å²) in [6, 6.07) is 5.56. The molecule has 2 aromatic rings. The minimum Gasteiger partial charge on any atom is -0.481 e. The third-order valence-electron chi connectivity index (χ3n) is 2.11. The van der Waals surface area contributed by atoms with E-state index >= 15 is 0 Å². The summed E-state index contributed by atoms with van der Waals surface area (Å²) in [5.41, 5.74) is 1.85. The van der Waals surface area contributed by atoms with Gasteiger partial charge >= 0.3 is 5.97 Å². The molecule has 0 bridgehead atoms. The van der Waals surface area contributed by atoms with Crippen LogP contribution in [0.5, 0.6) is 0 Å². The van der Waals surface area contributed by atoms with Gasteiger partial charge in [-0.05, 0) is 30.7 Å². The van der Waals surface area contributed by atoms with Gasteiger partial charge in [-0.2, -0.15) is 0 Å². The van der Waals surface area contributed by atoms with Gasteiger partial charge in [-0.1, -0.05) is 23.4 Å². The van der Waals surface area contributed by atoms with Crippen LogP contribution in [-0.2, 0) is 4.79 Å². The molecule has 0 unspecified atom stereocenters. The molecule has 2 N–H and O–H groups in total. The first-order chi connectivity index (χ1) is 8.54. The molecule has 18 heavy (non-hydrogen) atoms. The molecular formula is C11H10ClN3O2S. The fraction of sp³-hybridized carbons (Fsp3) is 0.182. The Kier molecular flexibility index (Phi) is 3.88. The van der Waals surface area contributed by atoms with Gasteiger partial charge in [0.05, 0.1) is 5.75 Å². The van der Waals surface area contributed by atoms with Crippen LogP contribution >= 0.6 is 23.4 Å². The Bertz CT molecular complexity index is 565. The first-order valence-electron chi connectivity index (χ1n) is 5.09. The normalized spacial score (nSPS) is 10.6. The molecular weight excluding hydrogens is 274 g/mol. The number of hydrogen-bond donors (Lipinski definition) is 2. The molecule has 1 aromatic heterocycles. The number of carbonyl (C=O) groups is 1. The SMILES string of the molecule is Cc1cc(Cl)cc(-c2nc(SCC(=O)O)n[nH]2)c1. The molecule has 0 saturated carbocycles. The van der Waals surface area contributed by atoms with Gasteiger partial charge in [0, 0.05) is 10.6 Å². The summed E-state index contributed by atoms with van der Waals surface area (Å²) in [5.74, 6) is -0.385. The van der Waals surface area contributed by atoms with Crippen LogP contribution in [0.15, 0.2) is 23.4 Å². The van der Waals surface area contributed by atoms with Crippen molar-refractivity contribution in [2.75, 3.05) is 5.75 Å². The molecule has 1 heterocycles.